The van der Waals surface area contributed by atoms with Crippen LogP contribution in [0.3, 0.4) is 0 Å². The molecular formula is C16H23NO4S. The molecule has 1 aromatic carbocycles. The Hall–Kier alpha value is -1.56. The standard InChI is InChI=1S/C16H23NO4S/c1-11(2)13-4-6-15(7-5-13)21-12(3)16(18)17-14-8-9-22(19,20)10-14/h4-7,11-12,14H,8-10H2,1-3H3,(H,17,18)/t12-,14-/m0/s1. The lowest BCUT2D eigenvalue weighted by Gasteiger charge is -2.18. The van der Waals surface area contributed by atoms with E-state index in [0.717, 1.165) is 0 Å². The van der Waals surface area contributed by atoms with Gasteiger partial charge in [-0.2, -0.15) is 0 Å². The van der Waals surface area contributed by atoms with Crippen molar-refractivity contribution in [3.8, 4) is 5.75 Å². The molecule has 0 aliphatic carbocycles. The van der Waals surface area contributed by atoms with Crippen molar-refractivity contribution in [2.75, 3.05) is 11.5 Å². The Morgan fingerprint density at radius 2 is 1.86 bits per heavy atom. The Bertz CT molecular complexity index is 622. The van der Waals surface area contributed by atoms with Crippen molar-refractivity contribution in [2.24, 2.45) is 0 Å². The molecule has 0 aromatic heterocycles. The third-order valence-electron chi connectivity index (χ3n) is 3.81. The summed E-state index contributed by atoms with van der Waals surface area (Å²) >= 11 is 0. The summed E-state index contributed by atoms with van der Waals surface area (Å²) in [6.07, 6.45) is -0.183. The first-order valence-corrected chi connectivity index (χ1v) is 9.36. The van der Waals surface area contributed by atoms with Gasteiger partial charge in [-0.3, -0.25) is 4.79 Å². The van der Waals surface area contributed by atoms with E-state index in [4.69, 9.17) is 4.74 Å². The van der Waals surface area contributed by atoms with Gasteiger partial charge in [0, 0.05) is 6.04 Å². The van der Waals surface area contributed by atoms with Crippen molar-refractivity contribution in [3.05, 3.63) is 29.8 Å². The molecule has 1 amide bonds. The van der Waals surface area contributed by atoms with Gasteiger partial charge in [-0.15, -0.1) is 0 Å². The van der Waals surface area contributed by atoms with E-state index in [-0.39, 0.29) is 23.5 Å². The molecule has 6 heteroatoms. The van der Waals surface area contributed by atoms with Crippen LogP contribution in [0.25, 0.3) is 0 Å². The molecule has 0 bridgehead atoms. The summed E-state index contributed by atoms with van der Waals surface area (Å²) < 4.78 is 28.4. The molecule has 22 heavy (non-hydrogen) atoms. The van der Waals surface area contributed by atoms with Crippen LogP contribution in [-0.4, -0.2) is 38.0 Å². The van der Waals surface area contributed by atoms with Crippen LogP contribution < -0.4 is 10.1 Å². The van der Waals surface area contributed by atoms with E-state index in [2.05, 4.69) is 19.2 Å². The van der Waals surface area contributed by atoms with Gasteiger partial charge >= 0.3 is 0 Å². The van der Waals surface area contributed by atoms with Crippen LogP contribution in [0, 0.1) is 0 Å². The van der Waals surface area contributed by atoms with Crippen LogP contribution in [0.5, 0.6) is 5.75 Å². The van der Waals surface area contributed by atoms with Gasteiger partial charge in [0.15, 0.2) is 15.9 Å². The highest BCUT2D eigenvalue weighted by Crippen LogP contribution is 2.19. The van der Waals surface area contributed by atoms with Gasteiger partial charge in [0.1, 0.15) is 5.75 Å². The van der Waals surface area contributed by atoms with Crippen LogP contribution in [0.4, 0.5) is 0 Å². The Labute approximate surface area is 132 Å². The normalized spacial score (nSPS) is 21.5. The first kappa shape index (κ1) is 16.8. The Morgan fingerprint density at radius 1 is 1.23 bits per heavy atom. The first-order chi connectivity index (χ1) is 10.3. The second kappa shape index (κ2) is 6.69. The van der Waals surface area contributed by atoms with E-state index < -0.39 is 15.9 Å². The second-order valence-electron chi connectivity index (χ2n) is 6.09. The average molecular weight is 325 g/mol. The molecular weight excluding hydrogens is 302 g/mol. The second-order valence-corrected chi connectivity index (χ2v) is 8.32. The van der Waals surface area contributed by atoms with Crippen molar-refractivity contribution < 1.29 is 17.9 Å². The van der Waals surface area contributed by atoms with Crippen LogP contribution in [0.1, 0.15) is 38.7 Å². The lowest BCUT2D eigenvalue weighted by atomic mass is 10.0. The zero-order valence-corrected chi connectivity index (χ0v) is 14.0. The number of hydrogen-bond donors (Lipinski definition) is 1. The van der Waals surface area contributed by atoms with Crippen molar-refractivity contribution in [1.82, 2.24) is 5.32 Å². The number of sulfone groups is 1. The van der Waals surface area contributed by atoms with Crippen LogP contribution in [0.15, 0.2) is 24.3 Å². The summed E-state index contributed by atoms with van der Waals surface area (Å²) in [5.41, 5.74) is 1.21. The number of carbonyl (C=O) groups excluding carboxylic acids is 1. The quantitative estimate of drug-likeness (QED) is 0.897. The number of benzene rings is 1. The summed E-state index contributed by atoms with van der Waals surface area (Å²) in [7, 11) is -2.99. The molecule has 0 unspecified atom stereocenters. The maximum atomic E-state index is 12.1. The fraction of sp³-hybridized carbons (Fsp3) is 0.562. The predicted octanol–water partition coefficient (Wildman–Crippen LogP) is 1.88. The summed E-state index contributed by atoms with van der Waals surface area (Å²) in [6.45, 7) is 5.89. The first-order valence-electron chi connectivity index (χ1n) is 7.54. The lowest BCUT2D eigenvalue weighted by Crippen LogP contribution is -2.43. The highest BCUT2D eigenvalue weighted by molar-refractivity contribution is 7.91. The molecule has 0 saturated carbocycles. The average Bonchev–Trinajstić information content (AvgIpc) is 2.78. The maximum absolute atomic E-state index is 12.1. The van der Waals surface area contributed by atoms with Gasteiger partial charge in [-0.25, -0.2) is 8.42 Å². The van der Waals surface area contributed by atoms with E-state index >= 15 is 0 Å². The Morgan fingerprint density at radius 3 is 2.36 bits per heavy atom. The van der Waals surface area contributed by atoms with Crippen LogP contribution >= 0.6 is 0 Å². The largest absolute Gasteiger partial charge is 0.481 e. The number of amides is 1. The molecule has 1 fully saturated rings. The van der Waals surface area contributed by atoms with E-state index in [0.29, 0.717) is 18.1 Å². The van der Waals surface area contributed by atoms with Crippen LogP contribution in [0.2, 0.25) is 0 Å². The fourth-order valence-electron chi connectivity index (χ4n) is 2.42. The number of ether oxygens (including phenoxy) is 1. The van der Waals surface area contributed by atoms with Crippen molar-refractivity contribution in [2.45, 2.75) is 45.3 Å². The molecule has 1 saturated heterocycles. The highest BCUT2D eigenvalue weighted by atomic mass is 32.2. The number of nitrogens with one attached hydrogen (secondary N) is 1. The Balaban J connectivity index is 1.88. The Kier molecular flexibility index (Phi) is 5.11. The zero-order valence-electron chi connectivity index (χ0n) is 13.2. The summed E-state index contributed by atoms with van der Waals surface area (Å²) in [4.78, 5) is 12.1. The molecule has 1 aliphatic rings. The number of rotatable bonds is 5. The monoisotopic (exact) mass is 325 g/mol. The third-order valence-corrected chi connectivity index (χ3v) is 5.58. The molecule has 2 rings (SSSR count). The van der Waals surface area contributed by atoms with Crippen molar-refractivity contribution >= 4 is 15.7 Å². The van der Waals surface area contributed by atoms with Crippen molar-refractivity contribution in [3.63, 3.8) is 0 Å². The van der Waals surface area contributed by atoms with E-state index in [1.807, 2.05) is 24.3 Å². The minimum absolute atomic E-state index is 0.0224. The van der Waals surface area contributed by atoms with Crippen molar-refractivity contribution in [1.29, 1.82) is 0 Å². The maximum Gasteiger partial charge on any atom is 0.261 e. The van der Waals surface area contributed by atoms with Gasteiger partial charge in [0.25, 0.3) is 5.91 Å². The van der Waals surface area contributed by atoms with E-state index in [9.17, 15) is 13.2 Å². The highest BCUT2D eigenvalue weighted by Gasteiger charge is 2.30. The molecule has 5 nitrogen and oxygen atoms in total. The molecule has 1 heterocycles. The van der Waals surface area contributed by atoms with Gasteiger partial charge < -0.3 is 10.1 Å². The minimum Gasteiger partial charge on any atom is -0.481 e. The third kappa shape index (κ3) is 4.47. The lowest BCUT2D eigenvalue weighted by molar-refractivity contribution is -0.127. The fourth-order valence-corrected chi connectivity index (χ4v) is 4.09. The molecule has 1 N–H and O–H groups in total. The number of hydrogen-bond acceptors (Lipinski definition) is 4. The SMILES string of the molecule is CC(C)c1ccc(O[C@@H](C)C(=O)N[C@H]2CCS(=O)(=O)C2)cc1. The van der Waals surface area contributed by atoms with Gasteiger partial charge in [-0.1, -0.05) is 26.0 Å². The molecule has 1 aliphatic heterocycles. The predicted molar refractivity (Wildman–Crippen MR) is 85.8 cm³/mol. The molecule has 1 aromatic rings. The summed E-state index contributed by atoms with van der Waals surface area (Å²) in [5.74, 6) is 0.957. The van der Waals surface area contributed by atoms with Crippen LogP contribution in [-0.2, 0) is 14.6 Å². The topological polar surface area (TPSA) is 72.5 Å². The minimum atomic E-state index is -2.99. The van der Waals surface area contributed by atoms with E-state index in [1.54, 1.807) is 6.92 Å². The smallest absolute Gasteiger partial charge is 0.261 e. The van der Waals surface area contributed by atoms with E-state index in [1.165, 1.54) is 5.56 Å². The molecule has 2 atom stereocenters. The van der Waals surface area contributed by atoms with Gasteiger partial charge in [0.05, 0.1) is 11.5 Å². The zero-order chi connectivity index (χ0) is 16.3. The summed E-state index contributed by atoms with van der Waals surface area (Å²) in [5, 5.41) is 2.74. The van der Waals surface area contributed by atoms with Gasteiger partial charge in [-0.05, 0) is 37.0 Å². The van der Waals surface area contributed by atoms with Gasteiger partial charge in [0.2, 0.25) is 0 Å². The summed E-state index contributed by atoms with van der Waals surface area (Å²) in [6, 6.07) is 7.35. The molecule has 122 valence electrons. The molecule has 0 spiro atoms. The number of carbonyl (C=O) groups is 1. The molecule has 0 radical (unpaired) electrons.